The monoisotopic (exact) mass is 231 g/mol. The predicted molar refractivity (Wildman–Crippen MR) is 71.8 cm³/mol. The normalized spacial score (nSPS) is 15.0. The molecule has 0 aliphatic heterocycles. The molecule has 1 aromatic carbocycles. The van der Waals surface area contributed by atoms with Crippen molar-refractivity contribution in [3.05, 3.63) is 36.1 Å². The third-order valence-corrected chi connectivity index (χ3v) is 3.25. The van der Waals surface area contributed by atoms with Crippen LogP contribution >= 0.6 is 0 Å². The minimum atomic E-state index is 0.0175. The molecule has 0 fully saturated rings. The molecule has 2 unspecified atom stereocenters. The number of hydrogen-bond acceptors (Lipinski definition) is 2. The molecule has 0 bridgehead atoms. The van der Waals surface area contributed by atoms with Crippen LogP contribution in [0, 0.1) is 5.92 Å². The minimum absolute atomic E-state index is 0.0175. The average molecular weight is 231 g/mol. The molecular formula is C15H21NO. The van der Waals surface area contributed by atoms with Gasteiger partial charge < -0.3 is 10.2 Å². The molecule has 2 rings (SSSR count). The van der Waals surface area contributed by atoms with E-state index in [1.807, 2.05) is 18.2 Å². The van der Waals surface area contributed by atoms with Crippen LogP contribution in [-0.2, 0) is 0 Å². The van der Waals surface area contributed by atoms with Crippen LogP contribution < -0.4 is 5.73 Å². The predicted octanol–water partition coefficient (Wildman–Crippen LogP) is 4.26. The second kappa shape index (κ2) is 5.37. The van der Waals surface area contributed by atoms with Gasteiger partial charge in [-0.25, -0.2) is 0 Å². The third kappa shape index (κ3) is 2.89. The van der Waals surface area contributed by atoms with Crippen molar-refractivity contribution in [2.75, 3.05) is 0 Å². The highest BCUT2D eigenvalue weighted by atomic mass is 16.3. The van der Waals surface area contributed by atoms with Crippen molar-refractivity contribution in [2.24, 2.45) is 11.7 Å². The molecule has 2 N–H and O–H groups in total. The molecule has 0 radical (unpaired) electrons. The second-order valence-corrected chi connectivity index (χ2v) is 4.92. The molecule has 0 spiro atoms. The van der Waals surface area contributed by atoms with Gasteiger partial charge in [-0.1, -0.05) is 44.9 Å². The van der Waals surface area contributed by atoms with Crippen molar-refractivity contribution >= 4 is 11.0 Å². The fourth-order valence-corrected chi connectivity index (χ4v) is 2.35. The van der Waals surface area contributed by atoms with E-state index in [0.29, 0.717) is 5.92 Å². The first-order valence-electron chi connectivity index (χ1n) is 6.44. The van der Waals surface area contributed by atoms with Gasteiger partial charge in [0.1, 0.15) is 11.3 Å². The van der Waals surface area contributed by atoms with Crippen LogP contribution in [0.15, 0.2) is 34.7 Å². The second-order valence-electron chi connectivity index (χ2n) is 4.92. The Kier molecular flexibility index (Phi) is 3.85. The van der Waals surface area contributed by atoms with Crippen molar-refractivity contribution in [3.8, 4) is 0 Å². The number of nitrogens with two attached hydrogens (primary N) is 1. The molecule has 0 amide bonds. The van der Waals surface area contributed by atoms with Gasteiger partial charge in [0.15, 0.2) is 0 Å². The van der Waals surface area contributed by atoms with E-state index in [2.05, 4.69) is 26.0 Å². The Hall–Kier alpha value is -1.28. The van der Waals surface area contributed by atoms with E-state index < -0.39 is 0 Å². The van der Waals surface area contributed by atoms with Gasteiger partial charge in [0.05, 0.1) is 6.04 Å². The van der Waals surface area contributed by atoms with Gasteiger partial charge in [-0.3, -0.25) is 0 Å². The molecule has 0 saturated carbocycles. The Balaban J connectivity index is 2.10. The van der Waals surface area contributed by atoms with Gasteiger partial charge in [0, 0.05) is 5.39 Å². The zero-order valence-corrected chi connectivity index (χ0v) is 10.6. The molecule has 0 saturated heterocycles. The minimum Gasteiger partial charge on any atom is -0.459 e. The maximum atomic E-state index is 6.20. The van der Waals surface area contributed by atoms with Crippen molar-refractivity contribution in [3.63, 3.8) is 0 Å². The summed E-state index contributed by atoms with van der Waals surface area (Å²) >= 11 is 0. The number of fused-ring (bicyclic) bond motifs is 1. The van der Waals surface area contributed by atoms with Gasteiger partial charge in [0.25, 0.3) is 0 Å². The molecule has 0 aliphatic rings. The molecule has 2 heteroatoms. The van der Waals surface area contributed by atoms with Crippen molar-refractivity contribution in [1.29, 1.82) is 0 Å². The number of rotatable bonds is 5. The summed E-state index contributed by atoms with van der Waals surface area (Å²) in [6, 6.07) is 10.1. The van der Waals surface area contributed by atoms with Gasteiger partial charge >= 0.3 is 0 Å². The summed E-state index contributed by atoms with van der Waals surface area (Å²) < 4.78 is 5.78. The van der Waals surface area contributed by atoms with Crippen LogP contribution in [0.3, 0.4) is 0 Å². The fraction of sp³-hybridized carbons (Fsp3) is 0.467. The van der Waals surface area contributed by atoms with E-state index in [-0.39, 0.29) is 6.04 Å². The lowest BCUT2D eigenvalue weighted by molar-refractivity contribution is 0.397. The fourth-order valence-electron chi connectivity index (χ4n) is 2.35. The Labute approximate surface area is 103 Å². The van der Waals surface area contributed by atoms with E-state index in [0.717, 1.165) is 23.2 Å². The lowest BCUT2D eigenvalue weighted by atomic mass is 9.96. The van der Waals surface area contributed by atoms with Crippen molar-refractivity contribution < 1.29 is 4.42 Å². The van der Waals surface area contributed by atoms with E-state index in [1.165, 1.54) is 12.8 Å². The largest absolute Gasteiger partial charge is 0.459 e. The van der Waals surface area contributed by atoms with Crippen LogP contribution in [0.2, 0.25) is 0 Å². The lowest BCUT2D eigenvalue weighted by Gasteiger charge is -2.14. The molecular weight excluding hydrogens is 210 g/mol. The zero-order chi connectivity index (χ0) is 12.3. The zero-order valence-electron chi connectivity index (χ0n) is 10.6. The molecule has 2 nitrogen and oxygen atoms in total. The highest BCUT2D eigenvalue weighted by Gasteiger charge is 2.14. The summed E-state index contributed by atoms with van der Waals surface area (Å²) in [6.45, 7) is 4.47. The quantitative estimate of drug-likeness (QED) is 0.835. The molecule has 1 heterocycles. The standard InChI is InChI=1S/C15H21NO/c1-3-6-11(2)9-13(16)15-10-12-7-4-5-8-14(12)17-15/h4-5,7-8,10-11,13H,3,6,9,16H2,1-2H3. The summed E-state index contributed by atoms with van der Waals surface area (Å²) in [4.78, 5) is 0. The lowest BCUT2D eigenvalue weighted by Crippen LogP contribution is -2.13. The Morgan fingerprint density at radius 2 is 2.06 bits per heavy atom. The van der Waals surface area contributed by atoms with Crippen molar-refractivity contribution in [2.45, 2.75) is 39.2 Å². The molecule has 1 aromatic heterocycles. The highest BCUT2D eigenvalue weighted by Crippen LogP contribution is 2.27. The highest BCUT2D eigenvalue weighted by molar-refractivity contribution is 5.77. The van der Waals surface area contributed by atoms with Crippen molar-refractivity contribution in [1.82, 2.24) is 0 Å². The first kappa shape index (κ1) is 12.2. The van der Waals surface area contributed by atoms with Gasteiger partial charge in [0.2, 0.25) is 0 Å². The first-order valence-corrected chi connectivity index (χ1v) is 6.44. The van der Waals surface area contributed by atoms with Crippen LogP contribution in [0.5, 0.6) is 0 Å². The van der Waals surface area contributed by atoms with E-state index in [4.69, 9.17) is 10.2 Å². The topological polar surface area (TPSA) is 39.2 Å². The number of para-hydroxylation sites is 1. The van der Waals surface area contributed by atoms with Gasteiger partial charge in [-0.05, 0) is 24.5 Å². The number of hydrogen-bond donors (Lipinski definition) is 1. The van der Waals surface area contributed by atoms with E-state index in [9.17, 15) is 0 Å². The van der Waals surface area contributed by atoms with Crippen LogP contribution in [0.4, 0.5) is 0 Å². The first-order chi connectivity index (χ1) is 8.20. The molecule has 2 aromatic rings. The summed E-state index contributed by atoms with van der Waals surface area (Å²) in [6.07, 6.45) is 3.44. The number of benzene rings is 1. The third-order valence-electron chi connectivity index (χ3n) is 3.25. The summed E-state index contributed by atoms with van der Waals surface area (Å²) in [5.41, 5.74) is 7.13. The Morgan fingerprint density at radius 3 is 2.76 bits per heavy atom. The van der Waals surface area contributed by atoms with E-state index in [1.54, 1.807) is 0 Å². The Morgan fingerprint density at radius 1 is 1.29 bits per heavy atom. The summed E-state index contributed by atoms with van der Waals surface area (Å²) in [5.74, 6) is 1.57. The Bertz CT molecular complexity index is 441. The smallest absolute Gasteiger partial charge is 0.134 e. The van der Waals surface area contributed by atoms with E-state index >= 15 is 0 Å². The SMILES string of the molecule is CCCC(C)CC(N)c1cc2ccccc2o1. The van der Waals surface area contributed by atoms with Crippen LogP contribution in [-0.4, -0.2) is 0 Å². The molecule has 92 valence electrons. The maximum absolute atomic E-state index is 6.20. The number of furan rings is 1. The van der Waals surface area contributed by atoms with Crippen LogP contribution in [0.1, 0.15) is 44.9 Å². The molecule has 2 atom stereocenters. The van der Waals surface area contributed by atoms with Gasteiger partial charge in [-0.2, -0.15) is 0 Å². The molecule has 0 aliphatic carbocycles. The maximum Gasteiger partial charge on any atom is 0.134 e. The van der Waals surface area contributed by atoms with Crippen LogP contribution in [0.25, 0.3) is 11.0 Å². The summed E-state index contributed by atoms with van der Waals surface area (Å²) in [5, 5.41) is 1.14. The van der Waals surface area contributed by atoms with Gasteiger partial charge in [-0.15, -0.1) is 0 Å². The average Bonchev–Trinajstić information content (AvgIpc) is 2.72. The molecule has 17 heavy (non-hydrogen) atoms. The summed E-state index contributed by atoms with van der Waals surface area (Å²) in [7, 11) is 0.